The van der Waals surface area contributed by atoms with Gasteiger partial charge in [-0.2, -0.15) is 5.10 Å². The summed E-state index contributed by atoms with van der Waals surface area (Å²) in [5, 5.41) is 25.6. The van der Waals surface area contributed by atoms with Crippen molar-refractivity contribution < 1.29 is 19.4 Å². The van der Waals surface area contributed by atoms with Gasteiger partial charge >= 0.3 is 5.97 Å². The molecule has 0 radical (unpaired) electrons. The summed E-state index contributed by atoms with van der Waals surface area (Å²) in [7, 11) is 0. The van der Waals surface area contributed by atoms with E-state index in [0.29, 0.717) is 11.4 Å². The molecule has 1 aromatic heterocycles. The van der Waals surface area contributed by atoms with Gasteiger partial charge in [-0.05, 0) is 42.0 Å². The normalized spacial score (nSPS) is 10.5. The first-order chi connectivity index (χ1) is 14.4. The number of esters is 1. The lowest BCUT2D eigenvalue weighted by Gasteiger charge is -2.05. The number of nitro benzene ring substituents is 1. The summed E-state index contributed by atoms with van der Waals surface area (Å²) in [4.78, 5) is 36.5. The van der Waals surface area contributed by atoms with E-state index < -0.39 is 15.8 Å². The molecule has 150 valence electrons. The van der Waals surface area contributed by atoms with Crippen LogP contribution in [-0.4, -0.2) is 27.0 Å². The summed E-state index contributed by atoms with van der Waals surface area (Å²) < 4.78 is 5.18. The smallest absolute Gasteiger partial charge is 0.350 e. The van der Waals surface area contributed by atoms with Crippen molar-refractivity contribution in [1.29, 1.82) is 0 Å². The van der Waals surface area contributed by atoms with Crippen molar-refractivity contribution in [2.45, 2.75) is 0 Å². The predicted molar refractivity (Wildman–Crippen MR) is 107 cm³/mol. The fourth-order valence-electron chi connectivity index (χ4n) is 2.32. The minimum atomic E-state index is -0.838. The van der Waals surface area contributed by atoms with Gasteiger partial charge in [0.1, 0.15) is 23.3 Å². The van der Waals surface area contributed by atoms with Gasteiger partial charge in [0.2, 0.25) is 0 Å². The number of nitro groups is 2. The molecule has 11 heteroatoms. The second-order valence-corrected chi connectivity index (χ2v) is 5.76. The molecule has 0 spiro atoms. The van der Waals surface area contributed by atoms with E-state index in [9.17, 15) is 25.0 Å². The van der Waals surface area contributed by atoms with Crippen molar-refractivity contribution in [3.8, 4) is 5.75 Å². The van der Waals surface area contributed by atoms with Crippen molar-refractivity contribution in [3.63, 3.8) is 0 Å². The van der Waals surface area contributed by atoms with Crippen LogP contribution in [-0.2, 0) is 0 Å². The molecule has 3 aromatic rings. The molecule has 3 rings (SSSR count). The zero-order valence-corrected chi connectivity index (χ0v) is 15.2. The molecule has 0 bridgehead atoms. The Kier molecular flexibility index (Phi) is 6.03. The number of ether oxygens (including phenoxy) is 1. The first kappa shape index (κ1) is 20.1. The molecular weight excluding hydrogens is 394 g/mol. The molecule has 0 unspecified atom stereocenters. The Bertz CT molecular complexity index is 1110. The first-order valence-electron chi connectivity index (χ1n) is 8.39. The Morgan fingerprint density at radius 1 is 1.00 bits per heavy atom. The van der Waals surface area contributed by atoms with Crippen LogP contribution in [0.4, 0.5) is 17.2 Å². The van der Waals surface area contributed by atoms with Gasteiger partial charge < -0.3 is 4.74 Å². The highest BCUT2D eigenvalue weighted by Crippen LogP contribution is 2.20. The number of carbonyl (C=O) groups excluding carboxylic acids is 1. The van der Waals surface area contributed by atoms with E-state index in [0.717, 1.165) is 6.20 Å². The monoisotopic (exact) mass is 407 g/mol. The Morgan fingerprint density at radius 2 is 1.73 bits per heavy atom. The van der Waals surface area contributed by atoms with Crippen molar-refractivity contribution in [3.05, 3.63) is 98.2 Å². The Morgan fingerprint density at radius 3 is 2.37 bits per heavy atom. The van der Waals surface area contributed by atoms with Crippen LogP contribution in [0.3, 0.4) is 0 Å². The van der Waals surface area contributed by atoms with Gasteiger partial charge in [0, 0.05) is 12.1 Å². The molecule has 0 amide bonds. The number of benzene rings is 2. The Labute approximate surface area is 168 Å². The number of hydrogen-bond donors (Lipinski definition) is 1. The number of rotatable bonds is 7. The van der Waals surface area contributed by atoms with Crippen molar-refractivity contribution in [2.24, 2.45) is 5.10 Å². The number of hydrogen-bond acceptors (Lipinski definition) is 9. The van der Waals surface area contributed by atoms with Gasteiger partial charge in [-0.1, -0.05) is 12.1 Å². The summed E-state index contributed by atoms with van der Waals surface area (Å²) >= 11 is 0. The molecule has 1 N–H and O–H groups in total. The van der Waals surface area contributed by atoms with Crippen LogP contribution >= 0.6 is 0 Å². The van der Waals surface area contributed by atoms with Gasteiger partial charge in [-0.3, -0.25) is 25.7 Å². The molecule has 0 saturated heterocycles. The number of para-hydroxylation sites is 1. The molecule has 30 heavy (non-hydrogen) atoms. The lowest BCUT2D eigenvalue weighted by atomic mass is 10.2. The molecule has 0 aliphatic rings. The zero-order chi connectivity index (χ0) is 21.5. The van der Waals surface area contributed by atoms with E-state index in [-0.39, 0.29) is 22.7 Å². The summed E-state index contributed by atoms with van der Waals surface area (Å²) in [5.41, 5.74) is 2.68. The largest absolute Gasteiger partial charge is 0.423 e. The number of nitrogens with zero attached hydrogens (tertiary/aromatic N) is 4. The van der Waals surface area contributed by atoms with Crippen LogP contribution in [0.15, 0.2) is 72.0 Å². The maximum atomic E-state index is 12.2. The Balaban J connectivity index is 1.61. The number of pyridine rings is 1. The number of anilines is 1. The zero-order valence-electron chi connectivity index (χ0n) is 15.2. The maximum absolute atomic E-state index is 12.2. The summed E-state index contributed by atoms with van der Waals surface area (Å²) in [5.74, 6) is -0.304. The van der Waals surface area contributed by atoms with Gasteiger partial charge in [0.25, 0.3) is 11.4 Å². The van der Waals surface area contributed by atoms with E-state index >= 15 is 0 Å². The van der Waals surface area contributed by atoms with Gasteiger partial charge in [-0.25, -0.2) is 9.78 Å². The summed E-state index contributed by atoms with van der Waals surface area (Å²) in [6.45, 7) is 0. The fourth-order valence-corrected chi connectivity index (χ4v) is 2.32. The average molecular weight is 407 g/mol. The maximum Gasteiger partial charge on any atom is 0.350 e. The van der Waals surface area contributed by atoms with Crippen LogP contribution in [0.2, 0.25) is 0 Å². The molecular formula is C19H13N5O6. The number of hydrazone groups is 1. The van der Waals surface area contributed by atoms with E-state index in [1.54, 1.807) is 12.1 Å². The van der Waals surface area contributed by atoms with Crippen LogP contribution < -0.4 is 10.2 Å². The topological polar surface area (TPSA) is 150 Å². The highest BCUT2D eigenvalue weighted by molar-refractivity contribution is 5.95. The molecule has 0 fully saturated rings. The predicted octanol–water partition coefficient (Wildman–Crippen LogP) is 3.56. The van der Waals surface area contributed by atoms with Crippen LogP contribution in [0.25, 0.3) is 0 Å². The minimum Gasteiger partial charge on any atom is -0.423 e. The van der Waals surface area contributed by atoms with Gasteiger partial charge in [0.15, 0.2) is 0 Å². The third-order valence-electron chi connectivity index (χ3n) is 3.76. The van der Waals surface area contributed by atoms with Crippen LogP contribution in [0, 0.1) is 20.2 Å². The molecule has 1 heterocycles. The second kappa shape index (κ2) is 9.01. The standard InChI is InChI=1S/C19H13N5O6/c25-19(16-3-1-2-4-17(16)24(28)29)30-15-8-5-13(6-9-15)11-21-22-18-10-7-14(12-20-18)23(26)27/h1-12H,(H,20,22)/b21-11+. The lowest BCUT2D eigenvalue weighted by molar-refractivity contribution is -0.385. The summed E-state index contributed by atoms with van der Waals surface area (Å²) in [6, 6.07) is 14.5. The molecule has 2 aromatic carbocycles. The van der Waals surface area contributed by atoms with E-state index in [1.165, 1.54) is 54.7 Å². The van der Waals surface area contributed by atoms with Crippen LogP contribution in [0.1, 0.15) is 15.9 Å². The molecule has 0 saturated carbocycles. The van der Waals surface area contributed by atoms with E-state index in [4.69, 9.17) is 4.74 Å². The number of nitrogens with one attached hydrogen (secondary N) is 1. The van der Waals surface area contributed by atoms with Gasteiger partial charge in [0.05, 0.1) is 16.1 Å². The average Bonchev–Trinajstić information content (AvgIpc) is 2.75. The van der Waals surface area contributed by atoms with E-state index in [2.05, 4.69) is 15.5 Å². The summed E-state index contributed by atoms with van der Waals surface area (Å²) in [6.07, 6.45) is 2.58. The van der Waals surface area contributed by atoms with Crippen molar-refractivity contribution in [2.75, 3.05) is 5.43 Å². The highest BCUT2D eigenvalue weighted by atomic mass is 16.6. The molecule has 11 nitrogen and oxygen atoms in total. The van der Waals surface area contributed by atoms with Crippen molar-refractivity contribution in [1.82, 2.24) is 4.98 Å². The number of aromatic nitrogens is 1. The van der Waals surface area contributed by atoms with Crippen LogP contribution in [0.5, 0.6) is 5.75 Å². The Hall–Kier alpha value is -4.67. The lowest BCUT2D eigenvalue weighted by Crippen LogP contribution is -2.11. The second-order valence-electron chi connectivity index (χ2n) is 5.76. The molecule has 0 aliphatic carbocycles. The molecule has 0 atom stereocenters. The highest BCUT2D eigenvalue weighted by Gasteiger charge is 2.20. The van der Waals surface area contributed by atoms with Gasteiger partial charge in [-0.15, -0.1) is 0 Å². The minimum absolute atomic E-state index is 0.129. The van der Waals surface area contributed by atoms with Crippen molar-refractivity contribution >= 4 is 29.4 Å². The third-order valence-corrected chi connectivity index (χ3v) is 3.76. The first-order valence-corrected chi connectivity index (χ1v) is 8.39. The van der Waals surface area contributed by atoms with E-state index in [1.807, 2.05) is 0 Å². The number of carbonyl (C=O) groups is 1. The fraction of sp³-hybridized carbons (Fsp3) is 0. The third kappa shape index (κ3) is 4.98. The SMILES string of the molecule is O=C(Oc1ccc(/C=N/Nc2ccc([N+](=O)[O-])cn2)cc1)c1ccccc1[N+](=O)[O-]. The quantitative estimate of drug-likeness (QED) is 0.205. The molecule has 0 aliphatic heterocycles.